The highest BCUT2D eigenvalue weighted by atomic mass is 16.5. The second-order valence-electron chi connectivity index (χ2n) is 9.09. The molecule has 1 aliphatic carbocycles. The van der Waals surface area contributed by atoms with Crippen LogP contribution in [0.1, 0.15) is 42.5 Å². The van der Waals surface area contributed by atoms with Gasteiger partial charge in [-0.2, -0.15) is 0 Å². The number of aliphatic imine (C=N–C) groups is 1. The molecule has 2 aromatic carbocycles. The molecule has 2 aliphatic heterocycles. The Labute approximate surface area is 199 Å². The molecule has 34 heavy (non-hydrogen) atoms. The normalized spacial score (nSPS) is 23.7. The molecular weight excluding hydrogens is 432 g/mol. The van der Waals surface area contributed by atoms with Crippen molar-refractivity contribution in [3.8, 4) is 11.5 Å². The summed E-state index contributed by atoms with van der Waals surface area (Å²) in [5.74, 6) is 1.77. The van der Waals surface area contributed by atoms with Crippen LogP contribution in [-0.4, -0.2) is 61.6 Å². The van der Waals surface area contributed by atoms with E-state index in [2.05, 4.69) is 5.32 Å². The van der Waals surface area contributed by atoms with Crippen molar-refractivity contribution < 1.29 is 19.1 Å². The minimum absolute atomic E-state index is 0.112. The number of likely N-dealkylation sites (tertiary alicyclic amines) is 1. The molecule has 1 spiro atoms. The molecule has 5 rings (SSSR count). The molecule has 0 aromatic heterocycles. The van der Waals surface area contributed by atoms with Crippen LogP contribution in [-0.2, 0) is 0 Å². The number of amidine groups is 1. The van der Waals surface area contributed by atoms with Gasteiger partial charge in [-0.25, -0.2) is 4.79 Å². The highest BCUT2D eigenvalue weighted by Gasteiger charge is 2.56. The van der Waals surface area contributed by atoms with Gasteiger partial charge in [-0.15, -0.1) is 0 Å². The number of carbonyl (C=O) groups excluding carboxylic acids is 2. The Morgan fingerprint density at radius 1 is 1.09 bits per heavy atom. The van der Waals surface area contributed by atoms with Gasteiger partial charge in [0.15, 0.2) is 0 Å². The first-order chi connectivity index (χ1) is 16.6. The fourth-order valence-electron chi connectivity index (χ4n) is 5.39. The third-order valence-corrected chi connectivity index (χ3v) is 7.12. The maximum atomic E-state index is 13.5. The predicted molar refractivity (Wildman–Crippen MR) is 130 cm³/mol. The Hall–Kier alpha value is -3.55. The standard InChI is InChI=1S/C26H30N4O4/c1-33-20-11-7-10-19(16-20)30-25(32)28-24(27-18-8-3-4-9-18)26(30)14-15-29(17-26)23(31)21-12-5-6-13-22(21)34-2/h5-7,10-13,16,18H,3-4,8-9,14-15,17H2,1-2H3,(H,27,28,32). The molecule has 3 aliphatic rings. The molecule has 2 saturated heterocycles. The summed E-state index contributed by atoms with van der Waals surface area (Å²) in [6.45, 7) is 0.862. The molecule has 8 heteroatoms. The van der Waals surface area contributed by atoms with Crippen LogP contribution in [0.2, 0.25) is 0 Å². The summed E-state index contributed by atoms with van der Waals surface area (Å²) in [4.78, 5) is 35.4. The zero-order valence-electron chi connectivity index (χ0n) is 19.6. The number of nitrogens with zero attached hydrogens (tertiary/aromatic N) is 3. The number of hydrogen-bond donors (Lipinski definition) is 1. The van der Waals surface area contributed by atoms with Crippen LogP contribution in [0.4, 0.5) is 10.5 Å². The van der Waals surface area contributed by atoms with Crippen LogP contribution in [0.15, 0.2) is 53.5 Å². The van der Waals surface area contributed by atoms with Gasteiger partial charge in [0, 0.05) is 12.6 Å². The van der Waals surface area contributed by atoms with Crippen molar-refractivity contribution in [2.75, 3.05) is 32.2 Å². The molecular formula is C26H30N4O4. The molecule has 1 N–H and O–H groups in total. The average Bonchev–Trinajstić information content (AvgIpc) is 3.59. The van der Waals surface area contributed by atoms with E-state index in [0.717, 1.165) is 31.4 Å². The van der Waals surface area contributed by atoms with Gasteiger partial charge in [0.05, 0.1) is 38.1 Å². The van der Waals surface area contributed by atoms with Crippen molar-refractivity contribution in [3.63, 3.8) is 0 Å². The molecule has 178 valence electrons. The van der Waals surface area contributed by atoms with Gasteiger partial charge in [0.25, 0.3) is 5.91 Å². The Kier molecular flexibility index (Phi) is 5.89. The highest BCUT2D eigenvalue weighted by Crippen LogP contribution is 2.39. The first-order valence-corrected chi connectivity index (χ1v) is 11.8. The number of urea groups is 1. The molecule has 0 radical (unpaired) electrons. The highest BCUT2D eigenvalue weighted by molar-refractivity contribution is 6.19. The summed E-state index contributed by atoms with van der Waals surface area (Å²) in [5.41, 5.74) is 0.491. The monoisotopic (exact) mass is 462 g/mol. The van der Waals surface area contributed by atoms with Crippen LogP contribution in [0.5, 0.6) is 11.5 Å². The first-order valence-electron chi connectivity index (χ1n) is 11.8. The van der Waals surface area contributed by atoms with Gasteiger partial charge in [-0.05, 0) is 43.5 Å². The molecule has 3 amide bonds. The lowest BCUT2D eigenvalue weighted by molar-refractivity contribution is 0.0785. The lowest BCUT2D eigenvalue weighted by Gasteiger charge is -2.34. The van der Waals surface area contributed by atoms with E-state index in [9.17, 15) is 9.59 Å². The van der Waals surface area contributed by atoms with E-state index in [0.29, 0.717) is 42.4 Å². The summed E-state index contributed by atoms with van der Waals surface area (Å²) in [7, 11) is 3.17. The zero-order chi connectivity index (χ0) is 23.7. The molecule has 8 nitrogen and oxygen atoms in total. The lowest BCUT2D eigenvalue weighted by atomic mass is 9.95. The summed E-state index contributed by atoms with van der Waals surface area (Å²) < 4.78 is 10.8. The average molecular weight is 463 g/mol. The Balaban J connectivity index is 1.53. The Morgan fingerprint density at radius 2 is 1.88 bits per heavy atom. The maximum Gasteiger partial charge on any atom is 0.328 e. The Morgan fingerprint density at radius 3 is 2.65 bits per heavy atom. The molecule has 1 saturated carbocycles. The molecule has 2 heterocycles. The zero-order valence-corrected chi connectivity index (χ0v) is 19.6. The topological polar surface area (TPSA) is 83.5 Å². The number of nitrogens with one attached hydrogen (secondary N) is 1. The SMILES string of the molecule is COc1cccc(N2C(=O)NC(=NC3CCCC3)C23CCN(C(=O)c2ccccc2OC)C3)c1. The first kappa shape index (κ1) is 22.3. The van der Waals surface area contributed by atoms with Crippen molar-refractivity contribution in [2.45, 2.75) is 43.7 Å². The van der Waals surface area contributed by atoms with Crippen LogP contribution in [0, 0.1) is 0 Å². The second kappa shape index (κ2) is 9.00. The molecule has 1 unspecified atom stereocenters. The number of methoxy groups -OCH3 is 2. The number of carbonyl (C=O) groups is 2. The molecule has 3 fully saturated rings. The number of benzene rings is 2. The summed E-state index contributed by atoms with van der Waals surface area (Å²) in [6, 6.07) is 14.7. The van der Waals surface area contributed by atoms with E-state index in [1.807, 2.05) is 36.4 Å². The maximum absolute atomic E-state index is 13.5. The van der Waals surface area contributed by atoms with Gasteiger partial charge in [-0.3, -0.25) is 20.0 Å². The largest absolute Gasteiger partial charge is 0.497 e. The third kappa shape index (κ3) is 3.77. The minimum Gasteiger partial charge on any atom is -0.497 e. The third-order valence-electron chi connectivity index (χ3n) is 7.12. The fraction of sp³-hybridized carbons (Fsp3) is 0.423. The second-order valence-corrected chi connectivity index (χ2v) is 9.09. The van der Waals surface area contributed by atoms with Crippen LogP contribution < -0.4 is 19.7 Å². The van der Waals surface area contributed by atoms with Gasteiger partial charge in [0.1, 0.15) is 22.9 Å². The van der Waals surface area contributed by atoms with E-state index in [1.54, 1.807) is 36.2 Å². The summed E-state index contributed by atoms with van der Waals surface area (Å²) in [5, 5.41) is 3.05. The van der Waals surface area contributed by atoms with Gasteiger partial charge in [-0.1, -0.05) is 31.0 Å². The molecule has 0 bridgehead atoms. The summed E-state index contributed by atoms with van der Waals surface area (Å²) in [6.07, 6.45) is 4.95. The van der Waals surface area contributed by atoms with E-state index in [4.69, 9.17) is 14.5 Å². The van der Waals surface area contributed by atoms with Crippen molar-refractivity contribution in [2.24, 2.45) is 4.99 Å². The smallest absolute Gasteiger partial charge is 0.328 e. The van der Waals surface area contributed by atoms with Crippen molar-refractivity contribution in [3.05, 3.63) is 54.1 Å². The summed E-state index contributed by atoms with van der Waals surface area (Å²) >= 11 is 0. The number of ether oxygens (including phenoxy) is 2. The van der Waals surface area contributed by atoms with Gasteiger partial charge >= 0.3 is 6.03 Å². The minimum atomic E-state index is -0.746. The van der Waals surface area contributed by atoms with Gasteiger partial charge in [0.2, 0.25) is 0 Å². The van der Waals surface area contributed by atoms with Crippen LogP contribution in [0.3, 0.4) is 0 Å². The van der Waals surface area contributed by atoms with Crippen molar-refractivity contribution in [1.29, 1.82) is 0 Å². The quantitative estimate of drug-likeness (QED) is 0.732. The molecule has 2 aromatic rings. The van der Waals surface area contributed by atoms with E-state index >= 15 is 0 Å². The van der Waals surface area contributed by atoms with E-state index < -0.39 is 5.54 Å². The van der Waals surface area contributed by atoms with Crippen LogP contribution in [0.25, 0.3) is 0 Å². The lowest BCUT2D eigenvalue weighted by Crippen LogP contribution is -2.53. The van der Waals surface area contributed by atoms with Gasteiger partial charge < -0.3 is 14.4 Å². The van der Waals surface area contributed by atoms with E-state index in [-0.39, 0.29) is 18.0 Å². The molecule has 1 atom stereocenters. The number of rotatable bonds is 5. The van der Waals surface area contributed by atoms with Crippen LogP contribution >= 0.6 is 0 Å². The number of para-hydroxylation sites is 1. The van der Waals surface area contributed by atoms with E-state index in [1.165, 1.54) is 0 Å². The number of amides is 3. The van der Waals surface area contributed by atoms with Crippen molar-refractivity contribution in [1.82, 2.24) is 10.2 Å². The number of anilines is 1. The fourth-order valence-corrected chi connectivity index (χ4v) is 5.39. The predicted octanol–water partition coefficient (Wildman–Crippen LogP) is 3.86. The Bertz CT molecular complexity index is 1130. The van der Waals surface area contributed by atoms with Crippen molar-refractivity contribution >= 4 is 23.5 Å². The number of hydrogen-bond acceptors (Lipinski definition) is 5.